The van der Waals surface area contributed by atoms with Gasteiger partial charge in [0, 0.05) is 31.1 Å². The first-order chi connectivity index (χ1) is 14.0. The Balaban J connectivity index is 1.83. The summed E-state index contributed by atoms with van der Waals surface area (Å²) >= 11 is 1.51. The highest BCUT2D eigenvalue weighted by molar-refractivity contribution is 7.98. The van der Waals surface area contributed by atoms with Crippen molar-refractivity contribution in [3.05, 3.63) is 75.9 Å². The highest BCUT2D eigenvalue weighted by Crippen LogP contribution is 2.27. The standard InChI is InChI=1S/C22H22N4O2S/c1-14-19(15(2)28-24-14)13-29-22-23-20-8-6-5-7-18(20)21(27)26(22)17-11-9-16(10-12-17)25(3)4/h5-12H,13H2,1-4H3. The fourth-order valence-electron chi connectivity index (χ4n) is 3.18. The summed E-state index contributed by atoms with van der Waals surface area (Å²) in [7, 11) is 3.98. The summed E-state index contributed by atoms with van der Waals surface area (Å²) in [6.07, 6.45) is 0. The van der Waals surface area contributed by atoms with Crippen molar-refractivity contribution in [1.29, 1.82) is 0 Å². The molecule has 4 aromatic rings. The second-order valence-electron chi connectivity index (χ2n) is 7.05. The lowest BCUT2D eigenvalue weighted by atomic mass is 10.2. The van der Waals surface area contributed by atoms with Crippen LogP contribution in [-0.4, -0.2) is 28.8 Å². The van der Waals surface area contributed by atoms with E-state index in [0.29, 0.717) is 21.8 Å². The first-order valence-corrected chi connectivity index (χ1v) is 10.3. The summed E-state index contributed by atoms with van der Waals surface area (Å²) in [6, 6.07) is 15.4. The number of anilines is 1. The van der Waals surface area contributed by atoms with E-state index in [2.05, 4.69) is 5.16 Å². The lowest BCUT2D eigenvalue weighted by Crippen LogP contribution is -2.22. The van der Waals surface area contributed by atoms with Crippen LogP contribution in [0.15, 0.2) is 63.0 Å². The molecule has 148 valence electrons. The molecule has 0 unspecified atom stereocenters. The lowest BCUT2D eigenvalue weighted by Gasteiger charge is -2.16. The largest absolute Gasteiger partial charge is 0.378 e. The molecular formula is C22H22N4O2S. The highest BCUT2D eigenvalue weighted by atomic mass is 32.2. The Morgan fingerprint density at radius 2 is 1.79 bits per heavy atom. The molecule has 0 aliphatic rings. The molecule has 0 radical (unpaired) electrons. The first kappa shape index (κ1) is 19.3. The number of thioether (sulfide) groups is 1. The van der Waals surface area contributed by atoms with Gasteiger partial charge in [-0.25, -0.2) is 4.98 Å². The van der Waals surface area contributed by atoms with E-state index < -0.39 is 0 Å². The van der Waals surface area contributed by atoms with Crippen LogP contribution in [0.5, 0.6) is 0 Å². The second-order valence-corrected chi connectivity index (χ2v) is 8.00. The van der Waals surface area contributed by atoms with E-state index in [1.165, 1.54) is 11.8 Å². The van der Waals surface area contributed by atoms with Crippen molar-refractivity contribution >= 4 is 28.4 Å². The smallest absolute Gasteiger partial charge is 0.266 e. The average molecular weight is 407 g/mol. The van der Waals surface area contributed by atoms with Gasteiger partial charge in [-0.05, 0) is 50.2 Å². The third kappa shape index (κ3) is 3.65. The summed E-state index contributed by atoms with van der Waals surface area (Å²) in [4.78, 5) is 20.2. The molecule has 2 heterocycles. The maximum atomic E-state index is 13.3. The Hall–Kier alpha value is -3.06. The molecule has 29 heavy (non-hydrogen) atoms. The molecule has 0 saturated heterocycles. The Morgan fingerprint density at radius 3 is 2.45 bits per heavy atom. The lowest BCUT2D eigenvalue weighted by molar-refractivity contribution is 0.392. The zero-order valence-electron chi connectivity index (χ0n) is 16.8. The molecule has 6 nitrogen and oxygen atoms in total. The average Bonchev–Trinajstić information content (AvgIpc) is 3.04. The minimum Gasteiger partial charge on any atom is -0.378 e. The summed E-state index contributed by atoms with van der Waals surface area (Å²) in [5, 5.41) is 5.27. The number of para-hydroxylation sites is 1. The number of hydrogen-bond donors (Lipinski definition) is 0. The van der Waals surface area contributed by atoms with Crippen molar-refractivity contribution < 1.29 is 4.52 Å². The number of benzene rings is 2. The highest BCUT2D eigenvalue weighted by Gasteiger charge is 2.16. The van der Waals surface area contributed by atoms with Crippen LogP contribution in [0.2, 0.25) is 0 Å². The SMILES string of the molecule is Cc1noc(C)c1CSc1nc2ccccc2c(=O)n1-c1ccc(N(C)C)cc1. The predicted octanol–water partition coefficient (Wildman–Crippen LogP) is 4.35. The Labute approximate surface area is 173 Å². The molecule has 2 aromatic carbocycles. The molecule has 0 amide bonds. The number of nitrogens with zero attached hydrogens (tertiary/aromatic N) is 4. The summed E-state index contributed by atoms with van der Waals surface area (Å²) < 4.78 is 6.96. The maximum absolute atomic E-state index is 13.3. The number of aryl methyl sites for hydroxylation is 2. The molecule has 0 N–H and O–H groups in total. The fraction of sp³-hybridized carbons (Fsp3) is 0.227. The minimum absolute atomic E-state index is 0.0746. The first-order valence-electron chi connectivity index (χ1n) is 9.30. The van der Waals surface area contributed by atoms with Gasteiger partial charge in [0.15, 0.2) is 5.16 Å². The number of hydrogen-bond acceptors (Lipinski definition) is 6. The van der Waals surface area contributed by atoms with Gasteiger partial charge >= 0.3 is 0 Å². The quantitative estimate of drug-likeness (QED) is 0.363. The van der Waals surface area contributed by atoms with E-state index in [1.807, 2.05) is 81.4 Å². The number of rotatable bonds is 5. The van der Waals surface area contributed by atoms with Gasteiger partial charge in [-0.1, -0.05) is 29.1 Å². The molecule has 4 rings (SSSR count). The van der Waals surface area contributed by atoms with Crippen LogP contribution < -0.4 is 10.5 Å². The van der Waals surface area contributed by atoms with Crippen molar-refractivity contribution in [3.8, 4) is 5.69 Å². The van der Waals surface area contributed by atoms with Crippen molar-refractivity contribution in [2.24, 2.45) is 0 Å². The van der Waals surface area contributed by atoms with Gasteiger partial charge in [-0.2, -0.15) is 0 Å². The van der Waals surface area contributed by atoms with Gasteiger partial charge in [-0.3, -0.25) is 9.36 Å². The van der Waals surface area contributed by atoms with Crippen LogP contribution in [-0.2, 0) is 5.75 Å². The van der Waals surface area contributed by atoms with Gasteiger partial charge in [0.2, 0.25) is 0 Å². The number of fused-ring (bicyclic) bond motifs is 1. The summed E-state index contributed by atoms with van der Waals surface area (Å²) in [5.41, 5.74) is 4.38. The molecule has 0 aliphatic carbocycles. The van der Waals surface area contributed by atoms with Crippen LogP contribution in [0.1, 0.15) is 17.0 Å². The second kappa shape index (κ2) is 7.75. The molecule has 0 bridgehead atoms. The minimum atomic E-state index is -0.0746. The van der Waals surface area contributed by atoms with E-state index >= 15 is 0 Å². The van der Waals surface area contributed by atoms with Crippen LogP contribution >= 0.6 is 11.8 Å². The Morgan fingerprint density at radius 1 is 1.07 bits per heavy atom. The molecular weight excluding hydrogens is 384 g/mol. The molecule has 2 aromatic heterocycles. The molecule has 0 aliphatic heterocycles. The van der Waals surface area contributed by atoms with Crippen molar-refractivity contribution in [2.75, 3.05) is 19.0 Å². The molecule has 7 heteroatoms. The van der Waals surface area contributed by atoms with Crippen molar-refractivity contribution in [2.45, 2.75) is 24.8 Å². The fourth-order valence-corrected chi connectivity index (χ4v) is 4.35. The van der Waals surface area contributed by atoms with Gasteiger partial charge in [0.05, 0.1) is 22.3 Å². The van der Waals surface area contributed by atoms with Crippen LogP contribution in [0.4, 0.5) is 5.69 Å². The van der Waals surface area contributed by atoms with Crippen molar-refractivity contribution in [1.82, 2.24) is 14.7 Å². The van der Waals surface area contributed by atoms with E-state index in [9.17, 15) is 4.79 Å². The normalized spacial score (nSPS) is 11.2. The monoisotopic (exact) mass is 406 g/mol. The Bertz CT molecular complexity index is 1210. The van der Waals surface area contributed by atoms with Crippen molar-refractivity contribution in [3.63, 3.8) is 0 Å². The Kier molecular flexibility index (Phi) is 5.15. The number of aromatic nitrogens is 3. The third-order valence-electron chi connectivity index (χ3n) is 4.90. The zero-order chi connectivity index (χ0) is 20.5. The zero-order valence-corrected chi connectivity index (χ0v) is 17.7. The topological polar surface area (TPSA) is 64.2 Å². The molecule has 0 atom stereocenters. The van der Waals surface area contributed by atoms with Crippen LogP contribution in [0.25, 0.3) is 16.6 Å². The van der Waals surface area contributed by atoms with E-state index in [-0.39, 0.29) is 5.56 Å². The van der Waals surface area contributed by atoms with Gasteiger partial charge < -0.3 is 9.42 Å². The molecule has 0 fully saturated rings. The summed E-state index contributed by atoms with van der Waals surface area (Å²) in [5.74, 6) is 1.42. The van der Waals surface area contributed by atoms with Crippen LogP contribution in [0, 0.1) is 13.8 Å². The van der Waals surface area contributed by atoms with E-state index in [4.69, 9.17) is 9.51 Å². The maximum Gasteiger partial charge on any atom is 0.266 e. The molecule has 0 spiro atoms. The molecule has 0 saturated carbocycles. The van der Waals surface area contributed by atoms with Gasteiger partial charge in [0.25, 0.3) is 5.56 Å². The van der Waals surface area contributed by atoms with Crippen LogP contribution in [0.3, 0.4) is 0 Å². The van der Waals surface area contributed by atoms with Gasteiger partial charge in [0.1, 0.15) is 5.76 Å². The summed E-state index contributed by atoms with van der Waals surface area (Å²) in [6.45, 7) is 3.82. The van der Waals surface area contributed by atoms with E-state index in [1.54, 1.807) is 4.57 Å². The van der Waals surface area contributed by atoms with E-state index in [0.717, 1.165) is 28.4 Å². The third-order valence-corrected chi connectivity index (χ3v) is 5.86. The van der Waals surface area contributed by atoms with Gasteiger partial charge in [-0.15, -0.1) is 0 Å². The predicted molar refractivity (Wildman–Crippen MR) is 117 cm³/mol.